The summed E-state index contributed by atoms with van der Waals surface area (Å²) in [5.41, 5.74) is 1.25. The number of amides is 2. The van der Waals surface area contributed by atoms with Crippen molar-refractivity contribution in [1.29, 1.82) is 0 Å². The Labute approximate surface area is 148 Å². The van der Waals surface area contributed by atoms with E-state index in [1.165, 1.54) is 5.56 Å². The van der Waals surface area contributed by atoms with Crippen LogP contribution < -0.4 is 10.6 Å². The van der Waals surface area contributed by atoms with Gasteiger partial charge < -0.3 is 15.5 Å². The number of pyridine rings is 1. The zero-order valence-corrected chi connectivity index (χ0v) is 14.6. The molecule has 7 nitrogen and oxygen atoms in total. The molecule has 3 heterocycles. The fourth-order valence-electron chi connectivity index (χ4n) is 3.38. The summed E-state index contributed by atoms with van der Waals surface area (Å²) in [6.07, 6.45) is 5.93. The molecule has 0 aromatic carbocycles. The molecule has 0 aliphatic carbocycles. The van der Waals surface area contributed by atoms with Crippen molar-refractivity contribution in [1.82, 2.24) is 25.4 Å². The van der Waals surface area contributed by atoms with Crippen LogP contribution in [0.4, 0.5) is 0 Å². The van der Waals surface area contributed by atoms with Crippen molar-refractivity contribution in [3.63, 3.8) is 0 Å². The Kier molecular flexibility index (Phi) is 6.36. The molecular formula is C18H27N5O2. The summed E-state index contributed by atoms with van der Waals surface area (Å²) in [5.74, 6) is 0.149. The predicted octanol–water partition coefficient (Wildman–Crippen LogP) is -0.0159. The summed E-state index contributed by atoms with van der Waals surface area (Å²) < 4.78 is 0. The zero-order chi connectivity index (χ0) is 17.5. The van der Waals surface area contributed by atoms with Gasteiger partial charge in [-0.05, 0) is 37.1 Å². The first-order chi connectivity index (χ1) is 12.2. The van der Waals surface area contributed by atoms with E-state index in [1.807, 2.05) is 29.4 Å². The van der Waals surface area contributed by atoms with E-state index in [0.29, 0.717) is 13.0 Å². The lowest BCUT2D eigenvalue weighted by molar-refractivity contribution is -0.133. The maximum Gasteiger partial charge on any atom is 0.237 e. The molecule has 0 spiro atoms. The van der Waals surface area contributed by atoms with Crippen LogP contribution in [-0.4, -0.2) is 71.9 Å². The van der Waals surface area contributed by atoms with E-state index in [2.05, 4.69) is 20.5 Å². The van der Waals surface area contributed by atoms with Gasteiger partial charge in [0.15, 0.2) is 0 Å². The van der Waals surface area contributed by atoms with Gasteiger partial charge in [-0.3, -0.25) is 19.5 Å². The molecule has 0 bridgehead atoms. The second-order valence-electron chi connectivity index (χ2n) is 6.70. The van der Waals surface area contributed by atoms with Crippen molar-refractivity contribution in [2.75, 3.05) is 39.3 Å². The van der Waals surface area contributed by atoms with Crippen molar-refractivity contribution in [3.8, 4) is 0 Å². The molecule has 2 amide bonds. The monoisotopic (exact) mass is 345 g/mol. The van der Waals surface area contributed by atoms with Gasteiger partial charge in [-0.25, -0.2) is 0 Å². The highest BCUT2D eigenvalue weighted by atomic mass is 16.2. The molecule has 2 fully saturated rings. The molecule has 1 atom stereocenters. The summed E-state index contributed by atoms with van der Waals surface area (Å²) in [7, 11) is 0. The lowest BCUT2D eigenvalue weighted by Crippen LogP contribution is -2.49. The predicted molar refractivity (Wildman–Crippen MR) is 94.7 cm³/mol. The molecule has 0 radical (unpaired) electrons. The average Bonchev–Trinajstić information content (AvgIpc) is 3.18. The third-order valence-corrected chi connectivity index (χ3v) is 4.90. The normalized spacial score (nSPS) is 21.3. The summed E-state index contributed by atoms with van der Waals surface area (Å²) in [5, 5.41) is 6.04. The first-order valence-electron chi connectivity index (χ1n) is 9.12. The van der Waals surface area contributed by atoms with Gasteiger partial charge in [0.05, 0.1) is 6.04 Å². The largest absolute Gasteiger partial charge is 0.354 e. The van der Waals surface area contributed by atoms with Gasteiger partial charge in [-0.1, -0.05) is 0 Å². The Bertz CT molecular complexity index is 566. The molecule has 2 N–H and O–H groups in total. The molecule has 136 valence electrons. The smallest absolute Gasteiger partial charge is 0.237 e. The van der Waals surface area contributed by atoms with Crippen LogP contribution in [0, 0.1) is 0 Å². The standard InChI is InChI=1S/C18H27N5O2/c24-17(5-9-21-18(25)16-2-1-6-20-16)23-12-10-22(11-13-23)14-15-3-7-19-8-4-15/h3-4,7-8,16,20H,1-2,5-6,9-14H2,(H,21,25). The number of hydrogen-bond donors (Lipinski definition) is 2. The van der Waals surface area contributed by atoms with Crippen LogP contribution >= 0.6 is 0 Å². The highest BCUT2D eigenvalue weighted by Crippen LogP contribution is 2.09. The highest BCUT2D eigenvalue weighted by molar-refractivity contribution is 5.83. The van der Waals surface area contributed by atoms with Gasteiger partial charge in [0.2, 0.25) is 11.8 Å². The summed E-state index contributed by atoms with van der Waals surface area (Å²) in [6.45, 7) is 5.49. The Morgan fingerprint density at radius 1 is 1.20 bits per heavy atom. The van der Waals surface area contributed by atoms with Crippen molar-refractivity contribution in [3.05, 3.63) is 30.1 Å². The van der Waals surface area contributed by atoms with E-state index < -0.39 is 0 Å². The number of piperazine rings is 1. The van der Waals surface area contributed by atoms with Gasteiger partial charge in [0.1, 0.15) is 0 Å². The van der Waals surface area contributed by atoms with E-state index in [0.717, 1.165) is 52.1 Å². The number of carbonyl (C=O) groups excluding carboxylic acids is 2. The molecular weight excluding hydrogens is 318 g/mol. The fraction of sp³-hybridized carbons (Fsp3) is 0.611. The second kappa shape index (κ2) is 8.92. The number of carbonyl (C=O) groups is 2. The molecule has 1 unspecified atom stereocenters. The van der Waals surface area contributed by atoms with E-state index in [-0.39, 0.29) is 17.9 Å². The molecule has 2 aliphatic rings. The molecule has 1 aromatic heterocycles. The number of nitrogens with one attached hydrogen (secondary N) is 2. The van der Waals surface area contributed by atoms with Crippen molar-refractivity contribution < 1.29 is 9.59 Å². The number of aromatic nitrogens is 1. The van der Waals surface area contributed by atoms with Gasteiger partial charge in [-0.2, -0.15) is 0 Å². The Balaban J connectivity index is 1.33. The molecule has 2 saturated heterocycles. The zero-order valence-electron chi connectivity index (χ0n) is 14.6. The third kappa shape index (κ3) is 5.24. The van der Waals surface area contributed by atoms with Crippen LogP contribution in [0.3, 0.4) is 0 Å². The molecule has 0 saturated carbocycles. The second-order valence-corrected chi connectivity index (χ2v) is 6.70. The summed E-state index contributed by atoms with van der Waals surface area (Å²) >= 11 is 0. The molecule has 3 rings (SSSR count). The van der Waals surface area contributed by atoms with Gasteiger partial charge in [0, 0.05) is 58.1 Å². The first-order valence-corrected chi connectivity index (χ1v) is 9.12. The minimum Gasteiger partial charge on any atom is -0.354 e. The van der Waals surface area contributed by atoms with Crippen LogP contribution in [0.1, 0.15) is 24.8 Å². The van der Waals surface area contributed by atoms with Crippen LogP contribution in [-0.2, 0) is 16.1 Å². The molecule has 25 heavy (non-hydrogen) atoms. The van der Waals surface area contributed by atoms with E-state index in [1.54, 1.807) is 0 Å². The Morgan fingerprint density at radius 3 is 2.64 bits per heavy atom. The third-order valence-electron chi connectivity index (χ3n) is 4.90. The number of hydrogen-bond acceptors (Lipinski definition) is 5. The lowest BCUT2D eigenvalue weighted by atomic mass is 10.2. The van der Waals surface area contributed by atoms with E-state index in [9.17, 15) is 9.59 Å². The van der Waals surface area contributed by atoms with Gasteiger partial charge in [0.25, 0.3) is 0 Å². The average molecular weight is 345 g/mol. The fourth-order valence-corrected chi connectivity index (χ4v) is 3.38. The van der Waals surface area contributed by atoms with Crippen molar-refractivity contribution in [2.24, 2.45) is 0 Å². The number of rotatable bonds is 6. The molecule has 7 heteroatoms. The van der Waals surface area contributed by atoms with E-state index in [4.69, 9.17) is 0 Å². The van der Waals surface area contributed by atoms with Crippen molar-refractivity contribution >= 4 is 11.8 Å². The minimum absolute atomic E-state index is 0.0208. The van der Waals surface area contributed by atoms with Gasteiger partial charge >= 0.3 is 0 Å². The summed E-state index contributed by atoms with van der Waals surface area (Å²) in [6, 6.07) is 3.98. The summed E-state index contributed by atoms with van der Waals surface area (Å²) in [4.78, 5) is 32.5. The van der Waals surface area contributed by atoms with Gasteiger partial charge in [-0.15, -0.1) is 0 Å². The maximum absolute atomic E-state index is 12.3. The van der Waals surface area contributed by atoms with Crippen LogP contribution in [0.15, 0.2) is 24.5 Å². The highest BCUT2D eigenvalue weighted by Gasteiger charge is 2.23. The topological polar surface area (TPSA) is 77.6 Å². The SMILES string of the molecule is O=C(NCCC(=O)N1CCN(Cc2ccncc2)CC1)C1CCCN1. The number of nitrogens with zero attached hydrogens (tertiary/aromatic N) is 3. The molecule has 2 aliphatic heterocycles. The maximum atomic E-state index is 12.3. The Hall–Kier alpha value is -1.99. The molecule has 1 aromatic rings. The minimum atomic E-state index is -0.0770. The van der Waals surface area contributed by atoms with Crippen LogP contribution in [0.2, 0.25) is 0 Å². The van der Waals surface area contributed by atoms with Crippen LogP contribution in [0.25, 0.3) is 0 Å². The first kappa shape index (κ1) is 17.8. The Morgan fingerprint density at radius 2 is 1.96 bits per heavy atom. The van der Waals surface area contributed by atoms with Crippen LogP contribution in [0.5, 0.6) is 0 Å². The lowest BCUT2D eigenvalue weighted by Gasteiger charge is -2.34. The quantitative estimate of drug-likeness (QED) is 0.758. The van der Waals surface area contributed by atoms with E-state index >= 15 is 0 Å². The van der Waals surface area contributed by atoms with Crippen molar-refractivity contribution in [2.45, 2.75) is 31.8 Å².